The summed E-state index contributed by atoms with van der Waals surface area (Å²) in [5, 5.41) is 8.77. The average Bonchev–Trinajstić information content (AvgIpc) is 2.66. The minimum absolute atomic E-state index is 0. The van der Waals surface area contributed by atoms with Crippen molar-refractivity contribution in [2.75, 3.05) is 37.6 Å². The van der Waals surface area contributed by atoms with Gasteiger partial charge in [-0.15, -0.1) is 0 Å². The maximum absolute atomic E-state index is 10.7. The average molecular weight is 347 g/mol. The summed E-state index contributed by atoms with van der Waals surface area (Å²) >= 11 is 0. The zero-order valence-electron chi connectivity index (χ0n) is 15.3. The van der Waals surface area contributed by atoms with E-state index in [1.807, 2.05) is 30.3 Å². The zero-order valence-corrected chi connectivity index (χ0v) is 15.3. The van der Waals surface area contributed by atoms with Crippen LogP contribution in [0.15, 0.2) is 54.6 Å². The van der Waals surface area contributed by atoms with Crippen LogP contribution in [0.2, 0.25) is 0 Å². The summed E-state index contributed by atoms with van der Waals surface area (Å²) in [6.07, 6.45) is 0.216. The largest absolute Gasteiger partial charge is 0.489 e. The molecule has 1 aliphatic rings. The second kappa shape index (κ2) is 10.3. The SMILES string of the molecule is O=C(O)CCN1CCN(c2ccc(OCc3ccccc3)cc2)CC1.[Li]. The smallest absolute Gasteiger partial charge is 0.304 e. The fourth-order valence-corrected chi connectivity index (χ4v) is 2.98. The van der Waals surface area contributed by atoms with E-state index in [0.29, 0.717) is 13.2 Å². The third-order valence-corrected chi connectivity index (χ3v) is 4.46. The van der Waals surface area contributed by atoms with Crippen LogP contribution in [0.25, 0.3) is 0 Å². The molecule has 0 aromatic heterocycles. The van der Waals surface area contributed by atoms with Crippen molar-refractivity contribution in [3.8, 4) is 5.75 Å². The molecule has 5 nitrogen and oxygen atoms in total. The fourth-order valence-electron chi connectivity index (χ4n) is 2.98. The molecule has 1 N–H and O–H groups in total. The Balaban J connectivity index is 0.00000243. The number of anilines is 1. The molecule has 1 radical (unpaired) electrons. The molecule has 0 spiro atoms. The number of ether oxygens (including phenoxy) is 1. The van der Waals surface area contributed by atoms with Crippen LogP contribution >= 0.6 is 0 Å². The van der Waals surface area contributed by atoms with Gasteiger partial charge in [0, 0.05) is 57.3 Å². The quantitative estimate of drug-likeness (QED) is 0.780. The Morgan fingerprint density at radius 2 is 1.62 bits per heavy atom. The first kappa shape index (κ1) is 20.4. The second-order valence-electron chi connectivity index (χ2n) is 6.24. The van der Waals surface area contributed by atoms with Crippen LogP contribution in [0.3, 0.4) is 0 Å². The number of hydrogen-bond acceptors (Lipinski definition) is 4. The van der Waals surface area contributed by atoms with Crippen LogP contribution < -0.4 is 9.64 Å². The summed E-state index contributed by atoms with van der Waals surface area (Å²) in [6.45, 7) is 4.85. The van der Waals surface area contributed by atoms with Crippen molar-refractivity contribution in [1.29, 1.82) is 0 Å². The molecule has 0 bridgehead atoms. The van der Waals surface area contributed by atoms with E-state index < -0.39 is 5.97 Å². The monoisotopic (exact) mass is 347 g/mol. The first-order valence-electron chi connectivity index (χ1n) is 8.66. The number of carbonyl (C=O) groups is 1. The van der Waals surface area contributed by atoms with Gasteiger partial charge in [-0.1, -0.05) is 30.3 Å². The van der Waals surface area contributed by atoms with E-state index >= 15 is 0 Å². The van der Waals surface area contributed by atoms with Gasteiger partial charge in [0.1, 0.15) is 12.4 Å². The molecule has 0 aliphatic carbocycles. The van der Waals surface area contributed by atoms with Crippen LogP contribution in [0.5, 0.6) is 5.75 Å². The summed E-state index contributed by atoms with van der Waals surface area (Å²) in [7, 11) is 0. The third kappa shape index (κ3) is 6.10. The number of hydrogen-bond donors (Lipinski definition) is 1. The van der Waals surface area contributed by atoms with Crippen LogP contribution in [0.4, 0.5) is 5.69 Å². The van der Waals surface area contributed by atoms with E-state index in [1.54, 1.807) is 0 Å². The predicted molar refractivity (Wildman–Crippen MR) is 104 cm³/mol. The maximum Gasteiger partial charge on any atom is 0.304 e. The summed E-state index contributed by atoms with van der Waals surface area (Å²) < 4.78 is 5.82. The molecular formula is C20H24LiN2O3. The molecule has 1 heterocycles. The number of rotatable bonds is 7. The van der Waals surface area contributed by atoms with E-state index in [2.05, 4.69) is 34.1 Å². The normalized spacial score (nSPS) is 14.5. The molecule has 1 aliphatic heterocycles. The Labute approximate surface area is 166 Å². The number of aliphatic carboxylic acids is 1. The minimum Gasteiger partial charge on any atom is -0.489 e. The minimum atomic E-state index is -0.728. The molecule has 2 aromatic rings. The van der Waals surface area contributed by atoms with Gasteiger partial charge in [0.2, 0.25) is 0 Å². The molecule has 1 fully saturated rings. The van der Waals surface area contributed by atoms with Crippen LogP contribution in [0.1, 0.15) is 12.0 Å². The van der Waals surface area contributed by atoms with Gasteiger partial charge in [0.15, 0.2) is 0 Å². The molecule has 0 atom stereocenters. The van der Waals surface area contributed by atoms with Gasteiger partial charge in [-0.05, 0) is 29.8 Å². The molecule has 0 amide bonds. The topological polar surface area (TPSA) is 53.0 Å². The number of nitrogens with zero attached hydrogens (tertiary/aromatic N) is 2. The van der Waals surface area contributed by atoms with Gasteiger partial charge >= 0.3 is 5.97 Å². The fraction of sp³-hybridized carbons (Fsp3) is 0.350. The Morgan fingerprint density at radius 1 is 0.962 bits per heavy atom. The third-order valence-electron chi connectivity index (χ3n) is 4.46. The predicted octanol–water partition coefficient (Wildman–Crippen LogP) is 2.48. The van der Waals surface area contributed by atoms with Crippen molar-refractivity contribution in [3.63, 3.8) is 0 Å². The molecule has 1 saturated heterocycles. The van der Waals surface area contributed by atoms with Crippen molar-refractivity contribution in [2.45, 2.75) is 13.0 Å². The Bertz CT molecular complexity index is 671. The van der Waals surface area contributed by atoms with Gasteiger partial charge in [-0.25, -0.2) is 0 Å². The molecular weight excluding hydrogens is 323 g/mol. The molecule has 6 heteroatoms. The van der Waals surface area contributed by atoms with Crippen molar-refractivity contribution >= 4 is 30.5 Å². The van der Waals surface area contributed by atoms with E-state index in [0.717, 1.165) is 37.5 Å². The van der Waals surface area contributed by atoms with Crippen molar-refractivity contribution in [1.82, 2.24) is 4.90 Å². The maximum atomic E-state index is 10.7. The van der Waals surface area contributed by atoms with E-state index in [4.69, 9.17) is 9.84 Å². The zero-order chi connectivity index (χ0) is 17.5. The van der Waals surface area contributed by atoms with Crippen LogP contribution in [0, 0.1) is 0 Å². The molecule has 26 heavy (non-hydrogen) atoms. The number of carboxylic acids is 1. The summed E-state index contributed by atoms with van der Waals surface area (Å²) in [5.74, 6) is 0.140. The van der Waals surface area contributed by atoms with Crippen LogP contribution in [-0.4, -0.2) is 67.6 Å². The molecule has 133 valence electrons. The van der Waals surface area contributed by atoms with Gasteiger partial charge in [-0.2, -0.15) is 0 Å². The first-order chi connectivity index (χ1) is 12.2. The van der Waals surface area contributed by atoms with Gasteiger partial charge in [-0.3, -0.25) is 9.69 Å². The summed E-state index contributed by atoms with van der Waals surface area (Å²) in [5.41, 5.74) is 2.34. The molecule has 2 aromatic carbocycles. The van der Waals surface area contributed by atoms with Gasteiger partial charge in [0.25, 0.3) is 0 Å². The molecule has 0 saturated carbocycles. The summed E-state index contributed by atoms with van der Waals surface area (Å²) in [4.78, 5) is 15.2. The number of piperazine rings is 1. The van der Waals surface area contributed by atoms with E-state index in [1.165, 1.54) is 5.69 Å². The van der Waals surface area contributed by atoms with E-state index in [9.17, 15) is 4.79 Å². The summed E-state index contributed by atoms with van der Waals surface area (Å²) in [6, 6.07) is 18.3. The Morgan fingerprint density at radius 3 is 2.23 bits per heavy atom. The standard InChI is InChI=1S/C20H24N2O3.Li/c23-20(24)10-11-21-12-14-22(15-13-21)18-6-8-19(9-7-18)25-16-17-4-2-1-3-5-17;/h1-9H,10-16H2,(H,23,24);. The van der Waals surface area contributed by atoms with Gasteiger partial charge in [0.05, 0.1) is 6.42 Å². The first-order valence-corrected chi connectivity index (χ1v) is 8.66. The van der Waals surface area contributed by atoms with E-state index in [-0.39, 0.29) is 25.3 Å². The van der Waals surface area contributed by atoms with Crippen LogP contribution in [-0.2, 0) is 11.4 Å². The van der Waals surface area contributed by atoms with Crippen molar-refractivity contribution in [3.05, 3.63) is 60.2 Å². The molecule has 0 unspecified atom stereocenters. The van der Waals surface area contributed by atoms with Crippen molar-refractivity contribution < 1.29 is 14.6 Å². The number of benzene rings is 2. The molecule has 3 rings (SSSR count). The van der Waals surface area contributed by atoms with Gasteiger partial charge < -0.3 is 14.7 Å². The second-order valence-corrected chi connectivity index (χ2v) is 6.24. The Hall–Kier alpha value is -1.93. The van der Waals surface area contributed by atoms with Crippen molar-refractivity contribution in [2.24, 2.45) is 0 Å². The number of carboxylic acid groups (broad SMARTS) is 1. The Kier molecular flexibility index (Phi) is 8.05.